The summed E-state index contributed by atoms with van der Waals surface area (Å²) in [6.07, 6.45) is 1.65. The van der Waals surface area contributed by atoms with Crippen molar-refractivity contribution < 1.29 is 13.2 Å². The Bertz CT molecular complexity index is 2290. The van der Waals surface area contributed by atoms with Gasteiger partial charge in [-0.15, -0.1) is 5.10 Å². The number of hydrogen-bond acceptors (Lipinski definition) is 9. The second-order valence-electron chi connectivity index (χ2n) is 11.0. The smallest absolute Gasteiger partial charge is 0.232 e. The molecule has 10 nitrogen and oxygen atoms in total. The molecule has 0 unspecified atom stereocenters. The van der Waals surface area contributed by atoms with Gasteiger partial charge in [-0.1, -0.05) is 90.1 Å². The van der Waals surface area contributed by atoms with Gasteiger partial charge in [0.1, 0.15) is 17.3 Å². The van der Waals surface area contributed by atoms with Crippen LogP contribution in [0.2, 0.25) is 0 Å². The van der Waals surface area contributed by atoms with Crippen molar-refractivity contribution in [3.63, 3.8) is 0 Å². The van der Waals surface area contributed by atoms with Crippen LogP contribution in [0.3, 0.4) is 0 Å². The van der Waals surface area contributed by atoms with Crippen LogP contribution in [0.15, 0.2) is 144 Å². The highest BCUT2D eigenvalue weighted by atomic mass is 19.1. The summed E-state index contributed by atoms with van der Waals surface area (Å²) in [5.74, 6) is 0.337. The Kier molecular flexibility index (Phi) is 7.99. The molecule has 3 aromatic heterocycles. The first-order valence-electron chi connectivity index (χ1n) is 15.5. The van der Waals surface area contributed by atoms with E-state index < -0.39 is 11.6 Å². The van der Waals surface area contributed by atoms with Crippen LogP contribution in [0.5, 0.6) is 0 Å². The summed E-state index contributed by atoms with van der Waals surface area (Å²) in [5, 5.41) is 14.3. The second-order valence-corrected chi connectivity index (χ2v) is 11.0. The lowest BCUT2D eigenvalue weighted by Crippen LogP contribution is -2.07. The zero-order valence-corrected chi connectivity index (χ0v) is 26.1. The van der Waals surface area contributed by atoms with Crippen LogP contribution in [0.25, 0.3) is 51.2 Å². The number of anilines is 4. The summed E-state index contributed by atoms with van der Waals surface area (Å²) in [4.78, 5) is 18.1. The molecule has 8 aromatic rings. The van der Waals surface area contributed by atoms with E-state index in [1.54, 1.807) is 47.3 Å². The van der Waals surface area contributed by atoms with E-state index in [0.29, 0.717) is 23.0 Å². The molecule has 0 spiro atoms. The number of rotatable bonds is 9. The molecule has 0 saturated heterocycles. The van der Waals surface area contributed by atoms with Gasteiger partial charge in [0.2, 0.25) is 17.8 Å². The first kappa shape index (κ1) is 30.3. The molecule has 0 aliphatic rings. The molecular formula is C38H25F2N9O. The number of oxazole rings is 1. The molecule has 0 amide bonds. The van der Waals surface area contributed by atoms with E-state index >= 15 is 0 Å². The van der Waals surface area contributed by atoms with E-state index in [1.165, 1.54) is 12.1 Å². The predicted octanol–water partition coefficient (Wildman–Crippen LogP) is 8.87. The molecule has 50 heavy (non-hydrogen) atoms. The van der Waals surface area contributed by atoms with Gasteiger partial charge in [-0.25, -0.2) is 18.4 Å². The van der Waals surface area contributed by atoms with Crippen LogP contribution in [-0.2, 0) is 0 Å². The Morgan fingerprint density at radius 3 is 1.70 bits per heavy atom. The normalized spacial score (nSPS) is 11.0. The average Bonchev–Trinajstić information content (AvgIpc) is 3.84. The van der Waals surface area contributed by atoms with Crippen molar-refractivity contribution in [2.75, 3.05) is 10.6 Å². The summed E-state index contributed by atoms with van der Waals surface area (Å²) in [6, 6.07) is 39.5. The number of nitrogens with zero attached hydrogens (tertiary/aromatic N) is 7. The minimum atomic E-state index is -0.496. The minimum Gasteiger partial charge on any atom is -0.435 e. The Hall–Kier alpha value is -7.08. The lowest BCUT2D eigenvalue weighted by molar-refractivity contribution is 0.589. The van der Waals surface area contributed by atoms with Gasteiger partial charge in [-0.3, -0.25) is 0 Å². The van der Waals surface area contributed by atoms with Crippen LogP contribution < -0.4 is 10.6 Å². The van der Waals surface area contributed by atoms with Crippen molar-refractivity contribution in [3.8, 4) is 51.2 Å². The summed E-state index contributed by atoms with van der Waals surface area (Å²) in [6.45, 7) is 0. The molecule has 2 N–H and O–H groups in total. The summed E-state index contributed by atoms with van der Waals surface area (Å²) in [7, 11) is 0. The largest absolute Gasteiger partial charge is 0.435 e. The van der Waals surface area contributed by atoms with Crippen molar-refractivity contribution in [3.05, 3.63) is 151 Å². The Morgan fingerprint density at radius 1 is 0.540 bits per heavy atom. The summed E-state index contributed by atoms with van der Waals surface area (Å²) >= 11 is 0. The van der Waals surface area contributed by atoms with Crippen LogP contribution in [0.4, 0.5) is 32.1 Å². The van der Waals surface area contributed by atoms with Crippen molar-refractivity contribution in [1.82, 2.24) is 34.9 Å². The van der Waals surface area contributed by atoms with E-state index in [1.807, 2.05) is 84.9 Å². The number of nitrogens with one attached hydrogen (secondary N) is 2. The molecule has 5 aromatic carbocycles. The molecule has 0 bridgehead atoms. The van der Waals surface area contributed by atoms with Gasteiger partial charge in [0, 0.05) is 16.7 Å². The number of benzene rings is 5. The zero-order valence-electron chi connectivity index (χ0n) is 26.1. The first-order valence-corrected chi connectivity index (χ1v) is 15.5. The number of para-hydroxylation sites is 2. The van der Waals surface area contributed by atoms with Gasteiger partial charge in [0.15, 0.2) is 17.3 Å². The fourth-order valence-corrected chi connectivity index (χ4v) is 5.24. The maximum Gasteiger partial charge on any atom is 0.232 e. The van der Waals surface area contributed by atoms with Gasteiger partial charge in [-0.05, 0) is 48.5 Å². The number of hydrogen-bond donors (Lipinski definition) is 2. The first-order chi connectivity index (χ1) is 24.6. The van der Waals surface area contributed by atoms with Crippen molar-refractivity contribution in [2.24, 2.45) is 0 Å². The summed E-state index contributed by atoms with van der Waals surface area (Å²) < 4.78 is 36.8. The standard InChI is InChI=1S/C38H25F2N9O/c39-28-15-7-9-17-30(28)41-37-44-35(45-38(46-37)42-31-18-10-8-16-29(31)40)32-23-49(48-47-32)27-21-19-26(20-22-27)36-43-33(24-11-3-1-4-12-24)34(50-36)25-13-5-2-6-14-25/h1-23H,(H2,41,42,44,45,46). The lowest BCUT2D eigenvalue weighted by Gasteiger charge is -2.10. The van der Waals surface area contributed by atoms with Crippen LogP contribution in [0.1, 0.15) is 0 Å². The van der Waals surface area contributed by atoms with Gasteiger partial charge in [0.05, 0.1) is 23.3 Å². The molecule has 0 aliphatic carbocycles. The third-order valence-corrected chi connectivity index (χ3v) is 7.69. The minimum absolute atomic E-state index is 0.0218. The highest BCUT2D eigenvalue weighted by Gasteiger charge is 2.19. The molecule has 0 radical (unpaired) electrons. The third-order valence-electron chi connectivity index (χ3n) is 7.69. The molecule has 0 fully saturated rings. The molecule has 242 valence electrons. The third kappa shape index (κ3) is 6.28. The van der Waals surface area contributed by atoms with E-state index in [0.717, 1.165) is 22.4 Å². The fraction of sp³-hybridized carbons (Fsp3) is 0. The lowest BCUT2D eigenvalue weighted by atomic mass is 10.1. The Balaban J connectivity index is 1.10. The summed E-state index contributed by atoms with van der Waals surface area (Å²) in [5.41, 5.74) is 4.72. The van der Waals surface area contributed by atoms with Crippen LogP contribution in [0, 0.1) is 11.6 Å². The fourth-order valence-electron chi connectivity index (χ4n) is 5.24. The molecule has 0 atom stereocenters. The second kappa shape index (κ2) is 13.2. The van der Waals surface area contributed by atoms with Crippen LogP contribution in [-0.4, -0.2) is 34.9 Å². The van der Waals surface area contributed by atoms with Crippen molar-refractivity contribution in [2.45, 2.75) is 0 Å². The van der Waals surface area contributed by atoms with Gasteiger partial charge in [-0.2, -0.15) is 15.0 Å². The monoisotopic (exact) mass is 661 g/mol. The molecule has 12 heteroatoms. The Morgan fingerprint density at radius 2 is 1.10 bits per heavy atom. The number of halogens is 2. The van der Waals surface area contributed by atoms with E-state index in [2.05, 4.69) is 35.9 Å². The van der Waals surface area contributed by atoms with Gasteiger partial charge < -0.3 is 15.1 Å². The molecule has 3 heterocycles. The van der Waals surface area contributed by atoms with E-state index in [4.69, 9.17) is 9.40 Å². The van der Waals surface area contributed by atoms with Crippen molar-refractivity contribution in [1.29, 1.82) is 0 Å². The molecule has 0 saturated carbocycles. The molecule has 8 rings (SSSR count). The van der Waals surface area contributed by atoms with Gasteiger partial charge in [0.25, 0.3) is 0 Å². The highest BCUT2D eigenvalue weighted by Crippen LogP contribution is 2.36. The van der Waals surface area contributed by atoms with Gasteiger partial charge >= 0.3 is 0 Å². The van der Waals surface area contributed by atoms with Crippen molar-refractivity contribution >= 4 is 23.3 Å². The maximum absolute atomic E-state index is 14.5. The zero-order chi connectivity index (χ0) is 33.9. The Labute approximate surface area is 284 Å². The van der Waals surface area contributed by atoms with E-state index in [-0.39, 0.29) is 29.1 Å². The van der Waals surface area contributed by atoms with E-state index in [9.17, 15) is 8.78 Å². The molecule has 0 aliphatic heterocycles. The number of aromatic nitrogens is 7. The average molecular weight is 662 g/mol. The quantitative estimate of drug-likeness (QED) is 0.156. The topological polar surface area (TPSA) is 119 Å². The molecular weight excluding hydrogens is 636 g/mol. The highest BCUT2D eigenvalue weighted by molar-refractivity contribution is 5.79. The maximum atomic E-state index is 14.5. The van der Waals surface area contributed by atoms with Crippen LogP contribution >= 0.6 is 0 Å². The SMILES string of the molecule is Fc1ccccc1Nc1nc(Nc2ccccc2F)nc(-c2cn(-c3ccc(-c4nc(-c5ccccc5)c(-c5ccccc5)o4)cc3)nn2)n1. The predicted molar refractivity (Wildman–Crippen MR) is 186 cm³/mol.